The van der Waals surface area contributed by atoms with Gasteiger partial charge in [0.25, 0.3) is 0 Å². The van der Waals surface area contributed by atoms with E-state index in [1.807, 2.05) is 13.8 Å². The largest absolute Gasteiger partial charge is 0.324 e. The zero-order valence-corrected chi connectivity index (χ0v) is 8.59. The zero-order valence-electron chi connectivity index (χ0n) is 8.59. The van der Waals surface area contributed by atoms with Gasteiger partial charge in [0.1, 0.15) is 6.54 Å². The van der Waals surface area contributed by atoms with E-state index in [-0.39, 0.29) is 18.5 Å². The first-order valence-corrected chi connectivity index (χ1v) is 4.82. The van der Waals surface area contributed by atoms with Crippen molar-refractivity contribution in [3.8, 4) is 0 Å². The van der Waals surface area contributed by atoms with Crippen LogP contribution in [-0.4, -0.2) is 29.9 Å². The molecule has 0 radical (unpaired) electrons. The summed E-state index contributed by atoms with van der Waals surface area (Å²) in [5, 5.41) is 2.22. The summed E-state index contributed by atoms with van der Waals surface area (Å²) in [6.45, 7) is 6.97. The van der Waals surface area contributed by atoms with Crippen molar-refractivity contribution >= 4 is 11.9 Å². The SMILES string of the molecule is CC.CCCCN1CC(=O)NC1=O. The van der Waals surface area contributed by atoms with Crippen molar-refractivity contribution in [1.29, 1.82) is 0 Å². The lowest BCUT2D eigenvalue weighted by Crippen LogP contribution is -2.28. The van der Waals surface area contributed by atoms with E-state index in [0.29, 0.717) is 6.54 Å². The lowest BCUT2D eigenvalue weighted by atomic mass is 10.3. The summed E-state index contributed by atoms with van der Waals surface area (Å²) in [5.41, 5.74) is 0. The first-order chi connectivity index (χ1) is 6.24. The molecule has 0 aromatic carbocycles. The molecule has 0 aliphatic carbocycles. The van der Waals surface area contributed by atoms with E-state index in [9.17, 15) is 9.59 Å². The fourth-order valence-corrected chi connectivity index (χ4v) is 1.01. The fourth-order valence-electron chi connectivity index (χ4n) is 1.01. The Morgan fingerprint density at radius 3 is 2.38 bits per heavy atom. The smallest absolute Gasteiger partial charge is 0.315 e. The molecule has 0 unspecified atom stereocenters. The minimum Gasteiger partial charge on any atom is -0.315 e. The average Bonchev–Trinajstić information content (AvgIpc) is 2.45. The molecule has 0 bridgehead atoms. The number of carbonyl (C=O) groups is 2. The predicted octanol–water partition coefficient (Wildman–Crippen LogP) is 1.36. The number of nitrogens with zero attached hydrogens (tertiary/aromatic N) is 1. The third kappa shape index (κ3) is 3.92. The molecule has 1 rings (SSSR count). The van der Waals surface area contributed by atoms with Crippen LogP contribution in [0.25, 0.3) is 0 Å². The second kappa shape index (κ2) is 6.46. The van der Waals surface area contributed by atoms with Gasteiger partial charge in [0, 0.05) is 6.54 Å². The molecule has 0 aromatic heterocycles. The number of amides is 3. The number of hydrogen-bond donors (Lipinski definition) is 1. The van der Waals surface area contributed by atoms with E-state index in [4.69, 9.17) is 0 Å². The van der Waals surface area contributed by atoms with Crippen LogP contribution in [0.15, 0.2) is 0 Å². The Hall–Kier alpha value is -1.06. The second-order valence-electron chi connectivity index (χ2n) is 2.63. The molecule has 0 spiro atoms. The molecular weight excluding hydrogens is 168 g/mol. The first-order valence-electron chi connectivity index (χ1n) is 4.82. The lowest BCUT2D eigenvalue weighted by molar-refractivity contribution is -0.118. The van der Waals surface area contributed by atoms with Crippen LogP contribution in [0.3, 0.4) is 0 Å². The maximum Gasteiger partial charge on any atom is 0.324 e. The number of unbranched alkanes of at least 4 members (excludes halogenated alkanes) is 1. The molecule has 1 heterocycles. The van der Waals surface area contributed by atoms with Gasteiger partial charge in [0.05, 0.1) is 0 Å². The van der Waals surface area contributed by atoms with E-state index < -0.39 is 0 Å². The highest BCUT2D eigenvalue weighted by molar-refractivity contribution is 6.01. The quantitative estimate of drug-likeness (QED) is 0.677. The van der Waals surface area contributed by atoms with Gasteiger partial charge in [0.15, 0.2) is 0 Å². The standard InChI is InChI=1S/C7H12N2O2.C2H6/c1-2-3-4-9-5-6(10)8-7(9)11;1-2/h2-5H2,1H3,(H,8,10,11);1-2H3. The van der Waals surface area contributed by atoms with Gasteiger partial charge in [-0.1, -0.05) is 27.2 Å². The molecule has 4 heteroatoms. The van der Waals surface area contributed by atoms with Crippen LogP contribution in [0.2, 0.25) is 0 Å². The van der Waals surface area contributed by atoms with Gasteiger partial charge in [-0.15, -0.1) is 0 Å². The molecule has 0 aromatic rings. The topological polar surface area (TPSA) is 49.4 Å². The summed E-state index contributed by atoms with van der Waals surface area (Å²) >= 11 is 0. The van der Waals surface area contributed by atoms with Crippen molar-refractivity contribution in [2.45, 2.75) is 33.6 Å². The number of nitrogens with one attached hydrogen (secondary N) is 1. The van der Waals surface area contributed by atoms with Crippen molar-refractivity contribution in [2.75, 3.05) is 13.1 Å². The summed E-state index contributed by atoms with van der Waals surface area (Å²) in [6, 6.07) is -0.247. The molecule has 1 aliphatic heterocycles. The average molecular weight is 186 g/mol. The maximum absolute atomic E-state index is 10.9. The summed E-state index contributed by atoms with van der Waals surface area (Å²) in [6.07, 6.45) is 2.00. The lowest BCUT2D eigenvalue weighted by Gasteiger charge is -2.10. The minimum absolute atomic E-state index is 0.189. The van der Waals surface area contributed by atoms with Gasteiger partial charge in [-0.25, -0.2) is 4.79 Å². The highest BCUT2D eigenvalue weighted by atomic mass is 16.2. The van der Waals surface area contributed by atoms with Gasteiger partial charge < -0.3 is 4.90 Å². The van der Waals surface area contributed by atoms with Crippen LogP contribution in [-0.2, 0) is 4.79 Å². The second-order valence-corrected chi connectivity index (χ2v) is 2.63. The van der Waals surface area contributed by atoms with Crippen LogP contribution in [0.5, 0.6) is 0 Å². The van der Waals surface area contributed by atoms with E-state index in [1.165, 1.54) is 4.90 Å². The van der Waals surface area contributed by atoms with Gasteiger partial charge in [-0.05, 0) is 6.42 Å². The van der Waals surface area contributed by atoms with Crippen molar-refractivity contribution in [1.82, 2.24) is 10.2 Å². The third-order valence-corrected chi connectivity index (χ3v) is 1.65. The van der Waals surface area contributed by atoms with Crippen LogP contribution in [0, 0.1) is 0 Å². The predicted molar refractivity (Wildman–Crippen MR) is 51.4 cm³/mol. The summed E-state index contributed by atoms with van der Waals surface area (Å²) in [4.78, 5) is 23.1. The first kappa shape index (κ1) is 11.9. The van der Waals surface area contributed by atoms with E-state index in [1.54, 1.807) is 0 Å². The van der Waals surface area contributed by atoms with Crippen LogP contribution < -0.4 is 5.32 Å². The Morgan fingerprint density at radius 1 is 1.38 bits per heavy atom. The van der Waals surface area contributed by atoms with Crippen molar-refractivity contribution < 1.29 is 9.59 Å². The van der Waals surface area contributed by atoms with E-state index in [0.717, 1.165) is 12.8 Å². The number of imide groups is 1. The summed E-state index contributed by atoms with van der Waals surface area (Å²) < 4.78 is 0. The number of rotatable bonds is 3. The molecule has 1 aliphatic rings. The highest BCUT2D eigenvalue weighted by Crippen LogP contribution is 2.00. The normalized spacial score (nSPS) is 15.2. The molecule has 0 saturated carbocycles. The summed E-state index contributed by atoms with van der Waals surface area (Å²) in [5.74, 6) is -0.189. The molecule has 76 valence electrons. The zero-order chi connectivity index (χ0) is 10.3. The molecular formula is C9H18N2O2. The van der Waals surface area contributed by atoms with E-state index in [2.05, 4.69) is 12.2 Å². The Morgan fingerprint density at radius 2 is 2.00 bits per heavy atom. The Labute approximate surface area is 79.3 Å². The van der Waals surface area contributed by atoms with Crippen molar-refractivity contribution in [3.05, 3.63) is 0 Å². The third-order valence-electron chi connectivity index (χ3n) is 1.65. The highest BCUT2D eigenvalue weighted by Gasteiger charge is 2.25. The van der Waals surface area contributed by atoms with Gasteiger partial charge in [0.2, 0.25) is 5.91 Å². The van der Waals surface area contributed by atoms with Gasteiger partial charge in [-0.2, -0.15) is 0 Å². The monoisotopic (exact) mass is 186 g/mol. The molecule has 0 atom stereocenters. The Kier molecular flexibility index (Phi) is 5.93. The minimum atomic E-state index is -0.247. The van der Waals surface area contributed by atoms with Crippen molar-refractivity contribution in [3.63, 3.8) is 0 Å². The van der Waals surface area contributed by atoms with Gasteiger partial charge in [-0.3, -0.25) is 10.1 Å². The number of hydrogen-bond acceptors (Lipinski definition) is 2. The summed E-state index contributed by atoms with van der Waals surface area (Å²) in [7, 11) is 0. The molecule has 4 nitrogen and oxygen atoms in total. The van der Waals surface area contributed by atoms with Crippen molar-refractivity contribution in [2.24, 2.45) is 0 Å². The Bertz CT molecular complexity index is 180. The fraction of sp³-hybridized carbons (Fsp3) is 0.778. The number of carbonyl (C=O) groups excluding carboxylic acids is 2. The molecule has 13 heavy (non-hydrogen) atoms. The van der Waals surface area contributed by atoms with E-state index >= 15 is 0 Å². The molecule has 1 fully saturated rings. The van der Waals surface area contributed by atoms with Crippen LogP contribution in [0.4, 0.5) is 4.79 Å². The van der Waals surface area contributed by atoms with Crippen LogP contribution in [0.1, 0.15) is 33.6 Å². The number of urea groups is 1. The molecule has 1 N–H and O–H groups in total. The maximum atomic E-state index is 10.9. The van der Waals surface area contributed by atoms with Gasteiger partial charge >= 0.3 is 6.03 Å². The van der Waals surface area contributed by atoms with Crippen LogP contribution >= 0.6 is 0 Å². The molecule has 3 amide bonds. The Balaban J connectivity index is 0.000000671. The molecule has 1 saturated heterocycles.